The summed E-state index contributed by atoms with van der Waals surface area (Å²) in [6.45, 7) is 0.240. The van der Waals surface area contributed by atoms with Crippen LogP contribution in [-0.2, 0) is 0 Å². The van der Waals surface area contributed by atoms with Gasteiger partial charge in [-0.25, -0.2) is 4.98 Å². The molecule has 0 spiro atoms. The Bertz CT molecular complexity index is 1160. The van der Waals surface area contributed by atoms with Gasteiger partial charge in [-0.15, -0.1) is 16.4 Å². The lowest BCUT2D eigenvalue weighted by molar-refractivity contribution is 0.174. The molecule has 1 aliphatic heterocycles. The van der Waals surface area contributed by atoms with Crippen molar-refractivity contribution in [1.82, 2.24) is 20.0 Å². The van der Waals surface area contributed by atoms with E-state index >= 15 is 0 Å². The summed E-state index contributed by atoms with van der Waals surface area (Å²) < 4.78 is 12.3. The summed E-state index contributed by atoms with van der Waals surface area (Å²) in [4.78, 5) is 4.66. The van der Waals surface area contributed by atoms with Crippen molar-refractivity contribution in [2.45, 2.75) is 0 Å². The van der Waals surface area contributed by atoms with Crippen LogP contribution in [-0.4, -0.2) is 26.8 Å². The molecule has 0 atom stereocenters. The molecule has 2 N–H and O–H groups in total. The molecule has 5 rings (SSSR count). The summed E-state index contributed by atoms with van der Waals surface area (Å²) in [5.74, 6) is 1.86. The van der Waals surface area contributed by atoms with Gasteiger partial charge in [-0.3, -0.25) is 0 Å². The standard InChI is InChI=1S/C18H12ClN5O2S/c19-11-2-1-3-12(7-11)24-17(20)16(22-23-24)18-21-13(8-27-18)10-4-5-14-15(6-10)26-9-25-14/h1-8H,9,20H2. The van der Waals surface area contributed by atoms with Crippen LogP contribution in [0.2, 0.25) is 5.02 Å². The van der Waals surface area contributed by atoms with E-state index in [4.69, 9.17) is 26.8 Å². The Hall–Kier alpha value is -3.10. The molecule has 2 aromatic carbocycles. The molecule has 0 bridgehead atoms. The first kappa shape index (κ1) is 16.1. The highest BCUT2D eigenvalue weighted by Gasteiger charge is 2.19. The molecule has 0 fully saturated rings. The first-order chi connectivity index (χ1) is 13.2. The second-order valence-corrected chi connectivity index (χ2v) is 7.12. The maximum absolute atomic E-state index is 6.26. The number of halogens is 1. The van der Waals surface area contributed by atoms with Crippen LogP contribution in [0.4, 0.5) is 5.82 Å². The molecule has 0 unspecified atom stereocenters. The number of anilines is 1. The molecule has 27 heavy (non-hydrogen) atoms. The van der Waals surface area contributed by atoms with Gasteiger partial charge in [0.15, 0.2) is 23.0 Å². The Kier molecular flexibility index (Phi) is 3.73. The summed E-state index contributed by atoms with van der Waals surface area (Å²) in [6, 6.07) is 13.0. The van der Waals surface area contributed by atoms with Gasteiger partial charge in [0, 0.05) is 16.0 Å². The zero-order valence-electron chi connectivity index (χ0n) is 13.8. The monoisotopic (exact) mass is 397 g/mol. The van der Waals surface area contributed by atoms with Crippen LogP contribution in [0.15, 0.2) is 47.8 Å². The molecule has 1 aliphatic rings. The molecule has 0 radical (unpaired) electrons. The molecule has 2 aromatic heterocycles. The molecular formula is C18H12ClN5O2S. The summed E-state index contributed by atoms with van der Waals surface area (Å²) in [5.41, 5.74) is 9.28. The van der Waals surface area contributed by atoms with E-state index in [0.717, 1.165) is 22.7 Å². The Morgan fingerprint density at radius 2 is 2.00 bits per heavy atom. The van der Waals surface area contributed by atoms with Gasteiger partial charge in [0.1, 0.15) is 5.01 Å². The van der Waals surface area contributed by atoms with Crippen LogP contribution >= 0.6 is 22.9 Å². The van der Waals surface area contributed by atoms with Crippen LogP contribution in [0.5, 0.6) is 11.5 Å². The van der Waals surface area contributed by atoms with Crippen molar-refractivity contribution in [3.05, 3.63) is 52.9 Å². The normalized spacial score (nSPS) is 12.5. The second kappa shape index (κ2) is 6.26. The quantitative estimate of drug-likeness (QED) is 0.561. The lowest BCUT2D eigenvalue weighted by Crippen LogP contribution is -2.02. The van der Waals surface area contributed by atoms with E-state index in [0.29, 0.717) is 27.3 Å². The van der Waals surface area contributed by atoms with Gasteiger partial charge in [0.05, 0.1) is 11.4 Å². The van der Waals surface area contributed by atoms with Crippen LogP contribution in [0.1, 0.15) is 0 Å². The van der Waals surface area contributed by atoms with Crippen LogP contribution in [0.3, 0.4) is 0 Å². The average molecular weight is 398 g/mol. The lowest BCUT2D eigenvalue weighted by atomic mass is 10.1. The first-order valence-corrected chi connectivity index (χ1v) is 9.28. The number of fused-ring (bicyclic) bond motifs is 1. The molecule has 3 heterocycles. The minimum atomic E-state index is 0.240. The zero-order valence-corrected chi connectivity index (χ0v) is 15.4. The Balaban J connectivity index is 1.50. The fourth-order valence-corrected chi connectivity index (χ4v) is 3.82. The van der Waals surface area contributed by atoms with Gasteiger partial charge in [0.2, 0.25) is 6.79 Å². The van der Waals surface area contributed by atoms with Crippen molar-refractivity contribution in [3.8, 4) is 39.1 Å². The van der Waals surface area contributed by atoms with E-state index in [-0.39, 0.29) is 6.79 Å². The molecule has 0 aliphatic carbocycles. The predicted octanol–water partition coefficient (Wildman–Crippen LogP) is 4.02. The maximum Gasteiger partial charge on any atom is 0.231 e. The second-order valence-electron chi connectivity index (χ2n) is 5.82. The van der Waals surface area contributed by atoms with E-state index in [2.05, 4.69) is 15.3 Å². The Morgan fingerprint density at radius 3 is 2.89 bits per heavy atom. The maximum atomic E-state index is 6.26. The smallest absolute Gasteiger partial charge is 0.231 e. The van der Waals surface area contributed by atoms with E-state index in [1.807, 2.05) is 35.7 Å². The SMILES string of the molecule is Nc1c(-c2nc(-c3ccc4c(c3)OCO4)cs2)nnn1-c1cccc(Cl)c1. The summed E-state index contributed by atoms with van der Waals surface area (Å²) in [5, 5.41) is 11.6. The number of nitrogens with zero attached hydrogens (tertiary/aromatic N) is 4. The predicted molar refractivity (Wildman–Crippen MR) is 103 cm³/mol. The van der Waals surface area contributed by atoms with Gasteiger partial charge in [0.25, 0.3) is 0 Å². The van der Waals surface area contributed by atoms with Crippen molar-refractivity contribution in [1.29, 1.82) is 0 Å². The molecule has 9 heteroatoms. The van der Waals surface area contributed by atoms with E-state index in [1.165, 1.54) is 11.3 Å². The number of hydrogen-bond acceptors (Lipinski definition) is 7. The van der Waals surface area contributed by atoms with Crippen molar-refractivity contribution in [2.75, 3.05) is 12.5 Å². The molecule has 0 saturated carbocycles. The van der Waals surface area contributed by atoms with Gasteiger partial charge >= 0.3 is 0 Å². The van der Waals surface area contributed by atoms with Crippen molar-refractivity contribution < 1.29 is 9.47 Å². The summed E-state index contributed by atoms with van der Waals surface area (Å²) >= 11 is 7.50. The van der Waals surface area contributed by atoms with Gasteiger partial charge in [-0.05, 0) is 36.4 Å². The number of ether oxygens (including phenoxy) is 2. The van der Waals surface area contributed by atoms with Gasteiger partial charge in [-0.2, -0.15) is 4.68 Å². The van der Waals surface area contributed by atoms with E-state index in [9.17, 15) is 0 Å². The zero-order chi connectivity index (χ0) is 18.4. The topological polar surface area (TPSA) is 88.1 Å². The summed E-state index contributed by atoms with van der Waals surface area (Å²) in [6.07, 6.45) is 0. The largest absolute Gasteiger partial charge is 0.454 e. The van der Waals surface area contributed by atoms with E-state index in [1.54, 1.807) is 16.8 Å². The minimum Gasteiger partial charge on any atom is -0.454 e. The third-order valence-electron chi connectivity index (χ3n) is 4.13. The number of benzene rings is 2. The fourth-order valence-electron chi connectivity index (χ4n) is 2.81. The fraction of sp³-hybridized carbons (Fsp3) is 0.0556. The number of rotatable bonds is 3. The highest BCUT2D eigenvalue weighted by atomic mass is 35.5. The number of nitrogens with two attached hydrogens (primary N) is 1. The Labute approximate surface area is 162 Å². The van der Waals surface area contributed by atoms with Crippen LogP contribution < -0.4 is 15.2 Å². The average Bonchev–Trinajstić information content (AvgIpc) is 3.40. The van der Waals surface area contributed by atoms with Gasteiger partial charge < -0.3 is 15.2 Å². The molecule has 134 valence electrons. The van der Waals surface area contributed by atoms with Crippen LogP contribution in [0, 0.1) is 0 Å². The number of nitrogen functional groups attached to an aromatic ring is 1. The van der Waals surface area contributed by atoms with E-state index < -0.39 is 0 Å². The van der Waals surface area contributed by atoms with Crippen molar-refractivity contribution in [3.63, 3.8) is 0 Å². The third kappa shape index (κ3) is 2.79. The molecule has 0 amide bonds. The molecular weight excluding hydrogens is 386 g/mol. The highest BCUT2D eigenvalue weighted by molar-refractivity contribution is 7.13. The minimum absolute atomic E-state index is 0.240. The van der Waals surface area contributed by atoms with Crippen LogP contribution in [0.25, 0.3) is 27.6 Å². The number of thiazole rings is 1. The Morgan fingerprint density at radius 1 is 1.11 bits per heavy atom. The molecule has 4 aromatic rings. The van der Waals surface area contributed by atoms with Crippen molar-refractivity contribution in [2.24, 2.45) is 0 Å². The number of hydrogen-bond donors (Lipinski definition) is 1. The molecule has 7 nitrogen and oxygen atoms in total. The first-order valence-electron chi connectivity index (χ1n) is 8.02. The summed E-state index contributed by atoms with van der Waals surface area (Å²) in [7, 11) is 0. The van der Waals surface area contributed by atoms with Gasteiger partial charge in [-0.1, -0.05) is 22.9 Å². The lowest BCUT2D eigenvalue weighted by Gasteiger charge is -2.03. The number of aromatic nitrogens is 4. The third-order valence-corrected chi connectivity index (χ3v) is 5.22. The van der Waals surface area contributed by atoms with Crippen molar-refractivity contribution >= 4 is 28.8 Å². The highest BCUT2D eigenvalue weighted by Crippen LogP contribution is 2.37. The molecule has 0 saturated heterocycles.